The quantitative estimate of drug-likeness (QED) is 0.387. The first-order valence-corrected chi connectivity index (χ1v) is 12.7. The van der Waals surface area contributed by atoms with Gasteiger partial charge in [0, 0.05) is 57.6 Å². The molecule has 5 rings (SSSR count). The summed E-state index contributed by atoms with van der Waals surface area (Å²) in [5, 5.41) is 4.51. The van der Waals surface area contributed by atoms with Gasteiger partial charge in [-0.15, -0.1) is 0 Å². The van der Waals surface area contributed by atoms with Crippen LogP contribution in [0.2, 0.25) is 5.02 Å². The van der Waals surface area contributed by atoms with Crippen molar-refractivity contribution >= 4 is 28.6 Å². The lowest BCUT2D eigenvalue weighted by atomic mass is 9.91. The van der Waals surface area contributed by atoms with Gasteiger partial charge in [0.15, 0.2) is 0 Å². The van der Waals surface area contributed by atoms with Crippen molar-refractivity contribution in [2.75, 3.05) is 5.32 Å². The maximum atomic E-state index is 14.0. The summed E-state index contributed by atoms with van der Waals surface area (Å²) in [6.07, 6.45) is 8.58. The zero-order valence-electron chi connectivity index (χ0n) is 20.7. The molecular weight excluding hydrogens is 474 g/mol. The summed E-state index contributed by atoms with van der Waals surface area (Å²) in [6, 6.07) is 7.83. The highest BCUT2D eigenvalue weighted by molar-refractivity contribution is 6.33. The number of aryl methyl sites for hydroxylation is 1. The maximum absolute atomic E-state index is 14.0. The van der Waals surface area contributed by atoms with Gasteiger partial charge in [-0.1, -0.05) is 23.7 Å². The topological polar surface area (TPSA) is 112 Å². The van der Waals surface area contributed by atoms with Crippen molar-refractivity contribution in [3.8, 4) is 22.4 Å². The number of rotatable bonds is 5. The number of hydrogen-bond donors (Lipinski definition) is 2. The molecule has 9 heteroatoms. The average Bonchev–Trinajstić information content (AvgIpc) is 2.84. The Labute approximate surface area is 215 Å². The Hall–Kier alpha value is -3.36. The highest BCUT2D eigenvalue weighted by Gasteiger charge is 2.25. The molecule has 186 valence electrons. The molecule has 1 aliphatic rings. The monoisotopic (exact) mass is 503 g/mol. The normalized spacial score (nSPS) is 18.1. The zero-order valence-corrected chi connectivity index (χ0v) is 21.5. The minimum absolute atomic E-state index is 0.0159. The predicted octanol–water partition coefficient (Wildman–Crippen LogP) is 5.14. The van der Waals surface area contributed by atoms with Gasteiger partial charge in [-0.2, -0.15) is 4.98 Å². The Morgan fingerprint density at radius 3 is 2.53 bits per heavy atom. The molecule has 1 fully saturated rings. The van der Waals surface area contributed by atoms with Crippen molar-refractivity contribution in [3.63, 3.8) is 0 Å². The second-order valence-electron chi connectivity index (χ2n) is 9.81. The fourth-order valence-electron chi connectivity index (χ4n) is 4.83. The predicted molar refractivity (Wildman–Crippen MR) is 144 cm³/mol. The van der Waals surface area contributed by atoms with E-state index in [4.69, 9.17) is 22.3 Å². The molecule has 0 atom stereocenters. The molecule has 1 aromatic carbocycles. The summed E-state index contributed by atoms with van der Waals surface area (Å²) in [7, 11) is 0. The Morgan fingerprint density at radius 2 is 1.83 bits per heavy atom. The van der Waals surface area contributed by atoms with Crippen LogP contribution in [-0.4, -0.2) is 36.6 Å². The molecule has 4 aromatic rings. The first-order valence-electron chi connectivity index (χ1n) is 12.3. The van der Waals surface area contributed by atoms with Gasteiger partial charge in [0.05, 0.1) is 17.6 Å². The van der Waals surface area contributed by atoms with Gasteiger partial charge in [-0.25, -0.2) is 9.97 Å². The van der Waals surface area contributed by atoms with Crippen molar-refractivity contribution in [2.24, 2.45) is 5.73 Å². The van der Waals surface area contributed by atoms with E-state index in [9.17, 15) is 4.79 Å². The molecule has 0 unspecified atom stereocenters. The molecule has 0 radical (unpaired) electrons. The number of anilines is 1. The van der Waals surface area contributed by atoms with Crippen LogP contribution in [-0.2, 0) is 0 Å². The van der Waals surface area contributed by atoms with Gasteiger partial charge in [-0.05, 0) is 58.6 Å². The number of fused-ring (bicyclic) bond motifs is 1. The van der Waals surface area contributed by atoms with Crippen LogP contribution in [0.1, 0.15) is 51.3 Å². The van der Waals surface area contributed by atoms with Crippen LogP contribution in [0.15, 0.2) is 47.7 Å². The van der Waals surface area contributed by atoms with Crippen LogP contribution >= 0.6 is 11.6 Å². The van der Waals surface area contributed by atoms with Crippen molar-refractivity contribution in [1.29, 1.82) is 0 Å². The van der Waals surface area contributed by atoms with Crippen molar-refractivity contribution in [1.82, 2.24) is 24.5 Å². The molecule has 0 spiro atoms. The zero-order chi connectivity index (χ0) is 25.4. The Bertz CT molecular complexity index is 1480. The molecule has 1 aliphatic carbocycles. The summed E-state index contributed by atoms with van der Waals surface area (Å²) >= 11 is 6.76. The standard InChI is InChI=1S/C27H30ClN7O/c1-15(2)32-27-31-13-18-10-22(26(36)35(25(18)34-27)20-7-5-19(29)6-8-20)21-9-4-17(11-23(21)28)24-14-30-12-16(3)33-24/h4,9-15,19-20H,5-8,29H2,1-3H3,(H,31,32,34). The van der Waals surface area contributed by atoms with Gasteiger partial charge in [0.25, 0.3) is 5.56 Å². The lowest BCUT2D eigenvalue weighted by Gasteiger charge is -2.29. The summed E-state index contributed by atoms with van der Waals surface area (Å²) < 4.78 is 1.83. The van der Waals surface area contributed by atoms with Crippen molar-refractivity contribution < 1.29 is 0 Å². The number of nitrogens with one attached hydrogen (secondary N) is 1. The second-order valence-corrected chi connectivity index (χ2v) is 10.2. The van der Waals surface area contributed by atoms with E-state index in [0.29, 0.717) is 27.7 Å². The van der Waals surface area contributed by atoms with E-state index in [1.54, 1.807) is 18.6 Å². The van der Waals surface area contributed by atoms with Crippen LogP contribution in [0.25, 0.3) is 33.4 Å². The van der Waals surface area contributed by atoms with Crippen LogP contribution < -0.4 is 16.6 Å². The van der Waals surface area contributed by atoms with E-state index in [-0.39, 0.29) is 23.7 Å². The van der Waals surface area contributed by atoms with Crippen LogP contribution in [0.3, 0.4) is 0 Å². The van der Waals surface area contributed by atoms with E-state index in [1.165, 1.54) is 0 Å². The number of aromatic nitrogens is 5. The van der Waals surface area contributed by atoms with Gasteiger partial charge < -0.3 is 11.1 Å². The van der Waals surface area contributed by atoms with E-state index in [1.807, 2.05) is 49.6 Å². The van der Waals surface area contributed by atoms with E-state index < -0.39 is 0 Å². The van der Waals surface area contributed by atoms with Gasteiger partial charge in [-0.3, -0.25) is 14.3 Å². The molecular formula is C27H30ClN7O. The number of pyridine rings is 1. The Morgan fingerprint density at radius 1 is 1.06 bits per heavy atom. The molecule has 8 nitrogen and oxygen atoms in total. The molecule has 3 aromatic heterocycles. The molecule has 0 amide bonds. The van der Waals surface area contributed by atoms with E-state index >= 15 is 0 Å². The van der Waals surface area contributed by atoms with Crippen LogP contribution in [0, 0.1) is 6.92 Å². The Kier molecular flexibility index (Phi) is 6.73. The van der Waals surface area contributed by atoms with Crippen LogP contribution in [0.4, 0.5) is 5.95 Å². The third-order valence-electron chi connectivity index (χ3n) is 6.61. The molecule has 1 saturated carbocycles. The van der Waals surface area contributed by atoms with Crippen LogP contribution in [0.5, 0.6) is 0 Å². The molecule has 3 heterocycles. The lowest BCUT2D eigenvalue weighted by Crippen LogP contribution is -2.33. The summed E-state index contributed by atoms with van der Waals surface area (Å²) in [5.41, 5.74) is 10.3. The Balaban J connectivity index is 1.66. The molecule has 0 saturated heterocycles. The van der Waals surface area contributed by atoms with Gasteiger partial charge in [0.2, 0.25) is 5.95 Å². The van der Waals surface area contributed by atoms with Gasteiger partial charge in [0.1, 0.15) is 5.65 Å². The lowest BCUT2D eigenvalue weighted by molar-refractivity contribution is 0.323. The number of nitrogens with two attached hydrogens (primary N) is 1. The number of benzene rings is 1. The first-order chi connectivity index (χ1) is 17.3. The molecule has 0 aliphatic heterocycles. The second kappa shape index (κ2) is 9.95. The van der Waals surface area contributed by atoms with E-state index in [0.717, 1.165) is 48.0 Å². The molecule has 36 heavy (non-hydrogen) atoms. The summed E-state index contributed by atoms with van der Waals surface area (Å²) in [6.45, 7) is 5.95. The fourth-order valence-corrected chi connectivity index (χ4v) is 5.12. The highest BCUT2D eigenvalue weighted by Crippen LogP contribution is 2.34. The first kappa shape index (κ1) is 24.3. The molecule has 0 bridgehead atoms. The van der Waals surface area contributed by atoms with Crippen molar-refractivity contribution in [3.05, 3.63) is 63.9 Å². The highest BCUT2D eigenvalue weighted by atomic mass is 35.5. The summed E-state index contributed by atoms with van der Waals surface area (Å²) in [5.74, 6) is 0.507. The third-order valence-corrected chi connectivity index (χ3v) is 6.92. The number of hydrogen-bond acceptors (Lipinski definition) is 7. The number of nitrogens with zero attached hydrogens (tertiary/aromatic N) is 5. The smallest absolute Gasteiger partial charge is 0.260 e. The summed E-state index contributed by atoms with van der Waals surface area (Å²) in [4.78, 5) is 32.0. The number of halogens is 1. The third kappa shape index (κ3) is 4.83. The molecule has 3 N–H and O–H groups in total. The average molecular weight is 504 g/mol. The maximum Gasteiger partial charge on any atom is 0.260 e. The fraction of sp³-hybridized carbons (Fsp3) is 0.370. The minimum atomic E-state index is -0.109. The van der Waals surface area contributed by atoms with Gasteiger partial charge >= 0.3 is 0 Å². The largest absolute Gasteiger partial charge is 0.352 e. The minimum Gasteiger partial charge on any atom is -0.352 e. The van der Waals surface area contributed by atoms with Crippen molar-refractivity contribution in [2.45, 2.75) is 64.6 Å². The SMILES string of the molecule is Cc1cncc(-c2ccc(-c3cc4cnc(NC(C)C)nc4n(C4CCC(N)CC4)c3=O)c(Cl)c2)n1. The van der Waals surface area contributed by atoms with E-state index in [2.05, 4.69) is 20.3 Å².